The molecule has 0 bridgehead atoms. The summed E-state index contributed by atoms with van der Waals surface area (Å²) in [5.41, 5.74) is 1.50. The summed E-state index contributed by atoms with van der Waals surface area (Å²) in [6, 6.07) is 10.3. The minimum atomic E-state index is 0.718. The van der Waals surface area contributed by atoms with Crippen molar-refractivity contribution < 1.29 is 0 Å². The summed E-state index contributed by atoms with van der Waals surface area (Å²) in [4.78, 5) is 0. The van der Waals surface area contributed by atoms with E-state index in [2.05, 4.69) is 52.4 Å². The normalized spacial score (nSPS) is 29.2. The van der Waals surface area contributed by atoms with E-state index in [1.165, 1.54) is 48.6 Å². The molecule has 2 aliphatic rings. The lowest BCUT2D eigenvalue weighted by molar-refractivity contribution is 0.239. The summed E-state index contributed by atoms with van der Waals surface area (Å²) in [5.74, 6) is 1.70. The molecule has 0 amide bonds. The van der Waals surface area contributed by atoms with Crippen molar-refractivity contribution in [1.29, 1.82) is 0 Å². The summed E-state index contributed by atoms with van der Waals surface area (Å²) in [6.07, 6.45) is 8.40. The van der Waals surface area contributed by atoms with Crippen LogP contribution in [0.5, 0.6) is 0 Å². The van der Waals surface area contributed by atoms with Gasteiger partial charge in [-0.3, -0.25) is 0 Å². The lowest BCUT2D eigenvalue weighted by Gasteiger charge is -2.39. The van der Waals surface area contributed by atoms with Crippen LogP contribution in [0.15, 0.2) is 28.7 Å². The van der Waals surface area contributed by atoms with E-state index in [1.54, 1.807) is 0 Å². The maximum atomic E-state index is 3.86. The van der Waals surface area contributed by atoms with Gasteiger partial charge in [-0.1, -0.05) is 40.9 Å². The van der Waals surface area contributed by atoms with Crippen molar-refractivity contribution in [2.24, 2.45) is 5.92 Å². The first-order valence-electron chi connectivity index (χ1n) is 7.74. The van der Waals surface area contributed by atoms with Gasteiger partial charge in [0.05, 0.1) is 0 Å². The molecule has 2 saturated carbocycles. The maximum Gasteiger partial charge on any atom is 0.0178 e. The standard InChI is InChI=1S/C17H24BrN/c1-12(13-5-2-3-6-13)19-17-10-15(11-17)14-7-4-8-16(18)9-14/h4,7-9,12-13,15,17,19H,2-3,5-6,10-11H2,1H3. The van der Waals surface area contributed by atoms with Gasteiger partial charge in [0, 0.05) is 16.6 Å². The van der Waals surface area contributed by atoms with Crippen molar-refractivity contribution in [2.45, 2.75) is 63.5 Å². The molecule has 3 rings (SSSR count). The molecule has 0 saturated heterocycles. The molecule has 1 aromatic carbocycles. The molecule has 104 valence electrons. The summed E-state index contributed by atoms with van der Waals surface area (Å²) in [7, 11) is 0. The second-order valence-corrected chi connectivity index (χ2v) is 7.34. The van der Waals surface area contributed by atoms with Crippen LogP contribution in [-0.2, 0) is 0 Å². The van der Waals surface area contributed by atoms with Gasteiger partial charge in [-0.2, -0.15) is 0 Å². The molecule has 0 heterocycles. The average Bonchev–Trinajstić information content (AvgIpc) is 2.86. The van der Waals surface area contributed by atoms with Crippen molar-refractivity contribution in [3.8, 4) is 0 Å². The highest BCUT2D eigenvalue weighted by atomic mass is 79.9. The molecule has 19 heavy (non-hydrogen) atoms. The van der Waals surface area contributed by atoms with Crippen molar-refractivity contribution in [2.75, 3.05) is 0 Å². The Morgan fingerprint density at radius 1 is 1.21 bits per heavy atom. The van der Waals surface area contributed by atoms with Crippen LogP contribution < -0.4 is 5.32 Å². The van der Waals surface area contributed by atoms with Gasteiger partial charge in [0.15, 0.2) is 0 Å². The van der Waals surface area contributed by atoms with E-state index < -0.39 is 0 Å². The highest BCUT2D eigenvalue weighted by molar-refractivity contribution is 9.10. The fourth-order valence-corrected chi connectivity index (χ4v) is 4.17. The van der Waals surface area contributed by atoms with Crippen molar-refractivity contribution in [3.05, 3.63) is 34.3 Å². The number of nitrogens with one attached hydrogen (secondary N) is 1. The van der Waals surface area contributed by atoms with Gasteiger partial charge in [-0.05, 0) is 62.1 Å². The van der Waals surface area contributed by atoms with Gasteiger partial charge >= 0.3 is 0 Å². The summed E-state index contributed by atoms with van der Waals surface area (Å²) < 4.78 is 1.21. The molecule has 1 nitrogen and oxygen atoms in total. The van der Waals surface area contributed by atoms with Gasteiger partial charge in [0.25, 0.3) is 0 Å². The fraction of sp³-hybridized carbons (Fsp3) is 0.647. The quantitative estimate of drug-likeness (QED) is 0.834. The molecule has 1 N–H and O–H groups in total. The Balaban J connectivity index is 1.47. The monoisotopic (exact) mass is 321 g/mol. The molecule has 0 aliphatic heterocycles. The van der Waals surface area contributed by atoms with E-state index >= 15 is 0 Å². The number of rotatable bonds is 4. The summed E-state index contributed by atoms with van der Waals surface area (Å²) >= 11 is 3.57. The van der Waals surface area contributed by atoms with E-state index in [9.17, 15) is 0 Å². The SMILES string of the molecule is CC(NC1CC(c2cccc(Br)c2)C1)C1CCCC1. The van der Waals surface area contributed by atoms with E-state index in [-0.39, 0.29) is 0 Å². The molecule has 2 fully saturated rings. The molecule has 2 aliphatic carbocycles. The van der Waals surface area contributed by atoms with Gasteiger partial charge in [-0.25, -0.2) is 0 Å². The van der Waals surface area contributed by atoms with Crippen LogP contribution in [-0.4, -0.2) is 12.1 Å². The molecule has 1 aromatic rings. The largest absolute Gasteiger partial charge is 0.311 e. The van der Waals surface area contributed by atoms with Crippen LogP contribution in [0, 0.1) is 5.92 Å². The van der Waals surface area contributed by atoms with E-state index in [1.807, 2.05) is 0 Å². The second kappa shape index (κ2) is 5.97. The molecule has 0 aromatic heterocycles. The Morgan fingerprint density at radius 2 is 1.95 bits per heavy atom. The van der Waals surface area contributed by atoms with Crippen molar-refractivity contribution in [3.63, 3.8) is 0 Å². The third kappa shape index (κ3) is 3.22. The predicted molar refractivity (Wildman–Crippen MR) is 84.5 cm³/mol. The Kier molecular flexibility index (Phi) is 4.28. The van der Waals surface area contributed by atoms with Gasteiger partial charge in [0.1, 0.15) is 0 Å². The number of hydrogen-bond acceptors (Lipinski definition) is 1. The molecule has 1 unspecified atom stereocenters. The van der Waals surface area contributed by atoms with E-state index in [4.69, 9.17) is 0 Å². The number of halogens is 1. The first-order valence-corrected chi connectivity index (χ1v) is 8.53. The molecule has 0 spiro atoms. The Labute approximate surface area is 125 Å². The molecular formula is C17H24BrN. The number of benzene rings is 1. The van der Waals surface area contributed by atoms with Gasteiger partial charge in [-0.15, -0.1) is 0 Å². The minimum absolute atomic E-state index is 0.718. The molecular weight excluding hydrogens is 298 g/mol. The second-order valence-electron chi connectivity index (χ2n) is 6.42. The third-order valence-corrected chi connectivity index (χ3v) is 5.56. The highest BCUT2D eigenvalue weighted by Crippen LogP contribution is 2.38. The topological polar surface area (TPSA) is 12.0 Å². The molecule has 2 heteroatoms. The van der Waals surface area contributed by atoms with Crippen LogP contribution in [0.1, 0.15) is 56.9 Å². The van der Waals surface area contributed by atoms with Crippen LogP contribution in [0.2, 0.25) is 0 Å². The van der Waals surface area contributed by atoms with Crippen LogP contribution in [0.4, 0.5) is 0 Å². The highest BCUT2D eigenvalue weighted by Gasteiger charge is 2.32. The third-order valence-electron chi connectivity index (χ3n) is 5.06. The van der Waals surface area contributed by atoms with Crippen molar-refractivity contribution in [1.82, 2.24) is 5.32 Å². The number of hydrogen-bond donors (Lipinski definition) is 1. The smallest absolute Gasteiger partial charge is 0.0178 e. The van der Waals surface area contributed by atoms with Crippen LogP contribution in [0.3, 0.4) is 0 Å². The zero-order chi connectivity index (χ0) is 13.2. The fourth-order valence-electron chi connectivity index (χ4n) is 3.75. The Bertz CT molecular complexity index is 419. The Morgan fingerprint density at radius 3 is 2.63 bits per heavy atom. The Hall–Kier alpha value is -0.340. The van der Waals surface area contributed by atoms with Crippen LogP contribution >= 0.6 is 15.9 Å². The maximum absolute atomic E-state index is 3.86. The zero-order valence-corrected chi connectivity index (χ0v) is 13.3. The van der Waals surface area contributed by atoms with Crippen molar-refractivity contribution >= 4 is 15.9 Å². The van der Waals surface area contributed by atoms with Crippen LogP contribution in [0.25, 0.3) is 0 Å². The average molecular weight is 322 g/mol. The molecule has 1 atom stereocenters. The first kappa shape index (κ1) is 13.6. The summed E-state index contributed by atoms with van der Waals surface area (Å²) in [5, 5.41) is 3.86. The molecule has 0 radical (unpaired) electrons. The van der Waals surface area contributed by atoms with Gasteiger partial charge < -0.3 is 5.32 Å². The zero-order valence-electron chi connectivity index (χ0n) is 11.7. The first-order chi connectivity index (χ1) is 9.22. The lowest BCUT2D eigenvalue weighted by Crippen LogP contribution is -2.46. The summed E-state index contributed by atoms with van der Waals surface area (Å²) in [6.45, 7) is 2.39. The predicted octanol–water partition coefficient (Wildman–Crippen LogP) is 4.86. The van der Waals surface area contributed by atoms with E-state index in [0.29, 0.717) is 0 Å². The lowest BCUT2D eigenvalue weighted by atomic mass is 9.75. The minimum Gasteiger partial charge on any atom is -0.311 e. The van der Waals surface area contributed by atoms with Gasteiger partial charge in [0.2, 0.25) is 0 Å². The van der Waals surface area contributed by atoms with E-state index in [0.717, 1.165) is 23.9 Å².